The molecule has 3 heteroatoms. The maximum atomic E-state index is 6.23. The predicted molar refractivity (Wildman–Crippen MR) is 97.3 cm³/mol. The van der Waals surface area contributed by atoms with Gasteiger partial charge in [-0.05, 0) is 73.4 Å². The highest BCUT2D eigenvalue weighted by Crippen LogP contribution is 2.41. The molecule has 1 N–H and O–H groups in total. The SMILES string of the molecule is Clc1ccc(CC2(NCC3CC3)CCc3ccccc32)cc1Cl. The Labute approximate surface area is 148 Å². The van der Waals surface area contributed by atoms with Gasteiger partial charge < -0.3 is 5.32 Å². The van der Waals surface area contributed by atoms with Crippen molar-refractivity contribution in [2.24, 2.45) is 5.92 Å². The zero-order valence-corrected chi connectivity index (χ0v) is 14.6. The lowest BCUT2D eigenvalue weighted by atomic mass is 9.85. The number of hydrogen-bond acceptors (Lipinski definition) is 1. The van der Waals surface area contributed by atoms with Crippen LogP contribution in [0.2, 0.25) is 10.0 Å². The summed E-state index contributed by atoms with van der Waals surface area (Å²) in [5, 5.41) is 5.19. The highest BCUT2D eigenvalue weighted by Gasteiger charge is 2.39. The fraction of sp³-hybridized carbons (Fsp3) is 0.400. The average Bonchev–Trinajstić information content (AvgIpc) is 3.33. The number of benzene rings is 2. The highest BCUT2D eigenvalue weighted by atomic mass is 35.5. The average molecular weight is 346 g/mol. The molecule has 2 aliphatic rings. The summed E-state index contributed by atoms with van der Waals surface area (Å²) in [6.07, 6.45) is 6.01. The van der Waals surface area contributed by atoms with Crippen LogP contribution in [0.4, 0.5) is 0 Å². The zero-order chi connectivity index (χ0) is 15.9. The van der Waals surface area contributed by atoms with E-state index in [9.17, 15) is 0 Å². The van der Waals surface area contributed by atoms with Crippen LogP contribution in [0.5, 0.6) is 0 Å². The summed E-state index contributed by atoms with van der Waals surface area (Å²) in [6, 6.07) is 14.9. The van der Waals surface area contributed by atoms with Gasteiger partial charge in [-0.25, -0.2) is 0 Å². The van der Waals surface area contributed by atoms with Crippen LogP contribution >= 0.6 is 23.2 Å². The van der Waals surface area contributed by atoms with Gasteiger partial charge in [-0.1, -0.05) is 53.5 Å². The van der Waals surface area contributed by atoms with Crippen molar-refractivity contribution in [1.29, 1.82) is 0 Å². The summed E-state index contributed by atoms with van der Waals surface area (Å²) in [7, 11) is 0. The molecule has 0 bridgehead atoms. The first-order valence-electron chi connectivity index (χ1n) is 8.44. The van der Waals surface area contributed by atoms with Crippen LogP contribution in [0.15, 0.2) is 42.5 Å². The second kappa shape index (κ2) is 6.12. The minimum atomic E-state index is 0.0380. The van der Waals surface area contributed by atoms with Crippen LogP contribution < -0.4 is 5.32 Å². The van der Waals surface area contributed by atoms with Crippen molar-refractivity contribution >= 4 is 23.2 Å². The normalized spacial score (nSPS) is 23.0. The molecule has 0 spiro atoms. The van der Waals surface area contributed by atoms with Gasteiger partial charge in [0.1, 0.15) is 0 Å². The fourth-order valence-corrected chi connectivity index (χ4v) is 4.10. The first kappa shape index (κ1) is 15.5. The number of rotatable bonds is 5. The van der Waals surface area contributed by atoms with Crippen molar-refractivity contribution in [2.45, 2.75) is 37.6 Å². The number of hydrogen-bond donors (Lipinski definition) is 1. The molecule has 2 aromatic rings. The molecular formula is C20H21Cl2N. The van der Waals surface area contributed by atoms with Crippen LogP contribution in [0.25, 0.3) is 0 Å². The van der Waals surface area contributed by atoms with Crippen LogP contribution in [0.3, 0.4) is 0 Å². The van der Waals surface area contributed by atoms with E-state index in [2.05, 4.69) is 35.6 Å². The van der Waals surface area contributed by atoms with E-state index in [0.29, 0.717) is 10.0 Å². The number of halogens is 2. The summed E-state index contributed by atoms with van der Waals surface area (Å²) >= 11 is 12.3. The highest BCUT2D eigenvalue weighted by molar-refractivity contribution is 6.42. The van der Waals surface area contributed by atoms with E-state index in [1.807, 2.05) is 12.1 Å². The van der Waals surface area contributed by atoms with Crippen molar-refractivity contribution in [3.8, 4) is 0 Å². The summed E-state index contributed by atoms with van der Waals surface area (Å²) in [5.74, 6) is 0.869. The molecule has 1 unspecified atom stereocenters. The fourth-order valence-electron chi connectivity index (χ4n) is 3.78. The van der Waals surface area contributed by atoms with Gasteiger partial charge in [0.05, 0.1) is 10.0 Å². The number of aryl methyl sites for hydroxylation is 1. The Morgan fingerprint density at radius 3 is 2.65 bits per heavy atom. The molecule has 0 aliphatic heterocycles. The second-order valence-electron chi connectivity index (χ2n) is 6.99. The molecular weight excluding hydrogens is 325 g/mol. The third kappa shape index (κ3) is 3.15. The summed E-state index contributed by atoms with van der Waals surface area (Å²) in [5.41, 5.74) is 4.23. The lowest BCUT2D eigenvalue weighted by Crippen LogP contribution is -2.43. The molecule has 120 valence electrons. The van der Waals surface area contributed by atoms with E-state index >= 15 is 0 Å². The Morgan fingerprint density at radius 1 is 1.04 bits per heavy atom. The number of fused-ring (bicyclic) bond motifs is 1. The second-order valence-corrected chi connectivity index (χ2v) is 7.80. The molecule has 0 radical (unpaired) electrons. The quantitative estimate of drug-likeness (QED) is 0.767. The van der Waals surface area contributed by atoms with Gasteiger partial charge in [0.15, 0.2) is 0 Å². The Kier molecular flexibility index (Phi) is 4.13. The molecule has 1 nitrogen and oxygen atoms in total. The van der Waals surface area contributed by atoms with Crippen LogP contribution in [-0.2, 0) is 18.4 Å². The Morgan fingerprint density at radius 2 is 1.87 bits per heavy atom. The summed E-state index contributed by atoms with van der Waals surface area (Å²) < 4.78 is 0. The van der Waals surface area contributed by atoms with Gasteiger partial charge in [-0.15, -0.1) is 0 Å². The van der Waals surface area contributed by atoms with E-state index in [1.54, 1.807) is 0 Å². The van der Waals surface area contributed by atoms with E-state index < -0.39 is 0 Å². The van der Waals surface area contributed by atoms with Crippen molar-refractivity contribution in [2.75, 3.05) is 6.54 Å². The third-order valence-corrected chi connectivity index (χ3v) is 6.01. The monoisotopic (exact) mass is 345 g/mol. The van der Waals surface area contributed by atoms with Crippen LogP contribution in [0, 0.1) is 5.92 Å². The van der Waals surface area contributed by atoms with Crippen molar-refractivity contribution < 1.29 is 0 Å². The largest absolute Gasteiger partial charge is 0.307 e. The van der Waals surface area contributed by atoms with Crippen LogP contribution in [0.1, 0.15) is 36.0 Å². The standard InChI is InChI=1S/C20H21Cl2N/c21-18-8-7-15(11-19(18)22)12-20(23-13-14-5-6-14)10-9-16-3-1-2-4-17(16)20/h1-4,7-8,11,14,23H,5-6,9-10,12-13H2. The minimum Gasteiger partial charge on any atom is -0.307 e. The topological polar surface area (TPSA) is 12.0 Å². The Balaban J connectivity index is 1.66. The molecule has 1 saturated carbocycles. The number of nitrogens with one attached hydrogen (secondary N) is 1. The Hall–Kier alpha value is -1.02. The first-order valence-corrected chi connectivity index (χ1v) is 9.19. The molecule has 0 amide bonds. The maximum absolute atomic E-state index is 6.23. The molecule has 4 rings (SSSR count). The van der Waals surface area contributed by atoms with Gasteiger partial charge in [0.25, 0.3) is 0 Å². The molecule has 0 heterocycles. The summed E-state index contributed by atoms with van der Waals surface area (Å²) in [4.78, 5) is 0. The third-order valence-electron chi connectivity index (χ3n) is 5.27. The molecule has 1 fully saturated rings. The van der Waals surface area contributed by atoms with Gasteiger partial charge in [0.2, 0.25) is 0 Å². The smallest absolute Gasteiger partial charge is 0.0595 e. The molecule has 23 heavy (non-hydrogen) atoms. The van der Waals surface area contributed by atoms with E-state index in [0.717, 1.165) is 31.7 Å². The maximum Gasteiger partial charge on any atom is 0.0595 e. The van der Waals surface area contributed by atoms with Gasteiger partial charge in [-0.2, -0.15) is 0 Å². The zero-order valence-electron chi connectivity index (χ0n) is 13.1. The van der Waals surface area contributed by atoms with E-state index in [1.165, 1.54) is 29.5 Å². The first-order chi connectivity index (χ1) is 11.2. The van der Waals surface area contributed by atoms with Crippen LogP contribution in [-0.4, -0.2) is 6.54 Å². The molecule has 0 aromatic heterocycles. The van der Waals surface area contributed by atoms with Crippen molar-refractivity contribution in [3.05, 3.63) is 69.2 Å². The van der Waals surface area contributed by atoms with Gasteiger partial charge in [-0.3, -0.25) is 0 Å². The minimum absolute atomic E-state index is 0.0380. The van der Waals surface area contributed by atoms with Gasteiger partial charge >= 0.3 is 0 Å². The molecule has 1 atom stereocenters. The Bertz CT molecular complexity index is 723. The predicted octanol–water partition coefficient (Wildman–Crippen LogP) is 5.38. The van der Waals surface area contributed by atoms with E-state index in [4.69, 9.17) is 23.2 Å². The summed E-state index contributed by atoms with van der Waals surface area (Å²) in [6.45, 7) is 1.12. The van der Waals surface area contributed by atoms with Gasteiger partial charge in [0, 0.05) is 5.54 Å². The molecule has 0 saturated heterocycles. The van der Waals surface area contributed by atoms with E-state index in [-0.39, 0.29) is 5.54 Å². The molecule has 2 aliphatic carbocycles. The lowest BCUT2D eigenvalue weighted by molar-refractivity contribution is 0.322. The molecule has 2 aromatic carbocycles. The van der Waals surface area contributed by atoms with Crippen molar-refractivity contribution in [1.82, 2.24) is 5.32 Å². The lowest BCUT2D eigenvalue weighted by Gasteiger charge is -2.33. The van der Waals surface area contributed by atoms with Crippen molar-refractivity contribution in [3.63, 3.8) is 0 Å².